The van der Waals surface area contributed by atoms with E-state index in [9.17, 15) is 5.11 Å². The molecule has 80 valence electrons. The maximum absolute atomic E-state index is 9.88. The first-order valence-electron chi connectivity index (χ1n) is 4.82. The third-order valence-corrected chi connectivity index (χ3v) is 2.18. The summed E-state index contributed by atoms with van der Waals surface area (Å²) in [7, 11) is 0. The van der Waals surface area contributed by atoms with Gasteiger partial charge in [-0.15, -0.1) is 5.10 Å². The highest BCUT2D eigenvalue weighted by Crippen LogP contribution is 2.13. The lowest BCUT2D eigenvalue weighted by atomic mass is 10.1. The van der Waals surface area contributed by atoms with Gasteiger partial charge < -0.3 is 5.11 Å². The van der Waals surface area contributed by atoms with Crippen LogP contribution in [-0.4, -0.2) is 19.9 Å². The van der Waals surface area contributed by atoms with Gasteiger partial charge in [-0.3, -0.25) is 0 Å². The number of benzene rings is 1. The molecule has 1 unspecified atom stereocenters. The zero-order chi connectivity index (χ0) is 11.4. The molecule has 2 aromatic rings. The first-order chi connectivity index (χ1) is 7.79. The lowest BCUT2D eigenvalue weighted by Gasteiger charge is -2.09. The Morgan fingerprint density at radius 2 is 2.12 bits per heavy atom. The minimum absolute atomic E-state index is 0.111. The molecule has 0 bridgehead atoms. The number of hydrogen-bond donors (Lipinski definition) is 1. The third kappa shape index (κ3) is 2.24. The van der Waals surface area contributed by atoms with Gasteiger partial charge in [0.1, 0.15) is 12.4 Å². The van der Waals surface area contributed by atoms with E-state index < -0.39 is 6.10 Å². The molecule has 1 N–H and O–H groups in total. The molecule has 1 aromatic carbocycles. The van der Waals surface area contributed by atoms with Crippen LogP contribution in [0.4, 0.5) is 0 Å². The van der Waals surface area contributed by atoms with E-state index in [4.69, 9.17) is 5.26 Å². The van der Waals surface area contributed by atoms with Crippen molar-refractivity contribution in [3.05, 3.63) is 48.0 Å². The van der Waals surface area contributed by atoms with E-state index in [0.29, 0.717) is 6.54 Å². The van der Waals surface area contributed by atoms with Gasteiger partial charge >= 0.3 is 0 Å². The molecular weight excluding hydrogens is 204 g/mol. The van der Waals surface area contributed by atoms with E-state index >= 15 is 0 Å². The molecular formula is C11H10N4O. The van der Waals surface area contributed by atoms with E-state index in [-0.39, 0.29) is 5.82 Å². The van der Waals surface area contributed by atoms with Crippen molar-refractivity contribution in [3.63, 3.8) is 0 Å². The van der Waals surface area contributed by atoms with Crippen molar-refractivity contribution in [2.24, 2.45) is 0 Å². The van der Waals surface area contributed by atoms with Crippen molar-refractivity contribution >= 4 is 0 Å². The van der Waals surface area contributed by atoms with Crippen LogP contribution in [0, 0.1) is 11.3 Å². The summed E-state index contributed by atoms with van der Waals surface area (Å²) in [5.41, 5.74) is 0.816. The smallest absolute Gasteiger partial charge is 0.252 e. The normalized spacial score (nSPS) is 12.0. The molecule has 5 nitrogen and oxygen atoms in total. The predicted octanol–water partition coefficient (Wildman–Crippen LogP) is 0.883. The summed E-state index contributed by atoms with van der Waals surface area (Å²) in [5, 5.41) is 22.3. The van der Waals surface area contributed by atoms with Gasteiger partial charge in [-0.05, 0) is 5.56 Å². The summed E-state index contributed by atoms with van der Waals surface area (Å²) in [4.78, 5) is 3.76. The molecule has 0 saturated carbocycles. The number of aromatic nitrogens is 3. The van der Waals surface area contributed by atoms with Crippen LogP contribution in [0.3, 0.4) is 0 Å². The highest BCUT2D eigenvalue weighted by atomic mass is 16.3. The molecule has 0 aliphatic carbocycles. The number of aliphatic hydroxyl groups is 1. The van der Waals surface area contributed by atoms with Gasteiger partial charge in [-0.1, -0.05) is 30.3 Å². The van der Waals surface area contributed by atoms with E-state index in [1.54, 1.807) is 0 Å². The number of aliphatic hydroxyl groups excluding tert-OH is 1. The van der Waals surface area contributed by atoms with Gasteiger partial charge in [-0.25, -0.2) is 9.67 Å². The Labute approximate surface area is 92.6 Å². The van der Waals surface area contributed by atoms with Crippen LogP contribution in [0.5, 0.6) is 0 Å². The Bertz CT molecular complexity index is 500. The Kier molecular flexibility index (Phi) is 2.94. The van der Waals surface area contributed by atoms with Crippen molar-refractivity contribution < 1.29 is 5.11 Å². The highest BCUT2D eigenvalue weighted by Gasteiger charge is 2.09. The number of nitrogens with zero attached hydrogens (tertiary/aromatic N) is 4. The minimum Gasteiger partial charge on any atom is -0.386 e. The Hall–Kier alpha value is -2.19. The van der Waals surface area contributed by atoms with E-state index in [1.807, 2.05) is 36.4 Å². The second-order valence-corrected chi connectivity index (χ2v) is 3.33. The van der Waals surface area contributed by atoms with Gasteiger partial charge in [0.15, 0.2) is 0 Å². The summed E-state index contributed by atoms with van der Waals surface area (Å²) in [6.45, 7) is 0.290. The van der Waals surface area contributed by atoms with Crippen molar-refractivity contribution in [1.29, 1.82) is 5.26 Å². The number of rotatable bonds is 3. The molecule has 2 rings (SSSR count). The summed E-state index contributed by atoms with van der Waals surface area (Å²) in [6, 6.07) is 11.1. The third-order valence-electron chi connectivity index (χ3n) is 2.18. The first-order valence-corrected chi connectivity index (χ1v) is 4.82. The average Bonchev–Trinajstić information content (AvgIpc) is 2.78. The second kappa shape index (κ2) is 4.55. The van der Waals surface area contributed by atoms with Gasteiger partial charge in [0.25, 0.3) is 5.82 Å². The fourth-order valence-electron chi connectivity index (χ4n) is 1.39. The van der Waals surface area contributed by atoms with Crippen LogP contribution in [0.15, 0.2) is 36.7 Å². The molecule has 5 heteroatoms. The fraction of sp³-hybridized carbons (Fsp3) is 0.182. The zero-order valence-electron chi connectivity index (χ0n) is 8.48. The Balaban J connectivity index is 2.08. The van der Waals surface area contributed by atoms with Gasteiger partial charge in [-0.2, -0.15) is 5.26 Å². The van der Waals surface area contributed by atoms with Crippen LogP contribution in [-0.2, 0) is 6.54 Å². The van der Waals surface area contributed by atoms with Crippen molar-refractivity contribution in [1.82, 2.24) is 14.8 Å². The first kappa shape index (κ1) is 10.3. The maximum atomic E-state index is 9.88. The molecule has 1 aromatic heterocycles. The topological polar surface area (TPSA) is 74.7 Å². The van der Waals surface area contributed by atoms with Gasteiger partial charge in [0.2, 0.25) is 0 Å². The average molecular weight is 214 g/mol. The van der Waals surface area contributed by atoms with Gasteiger partial charge in [0, 0.05) is 0 Å². The number of hydrogen-bond acceptors (Lipinski definition) is 4. The SMILES string of the molecule is N#Cc1ncn(CC(O)c2ccccc2)n1. The molecule has 0 saturated heterocycles. The van der Waals surface area contributed by atoms with E-state index in [1.165, 1.54) is 11.0 Å². The molecule has 1 atom stereocenters. The second-order valence-electron chi connectivity index (χ2n) is 3.33. The quantitative estimate of drug-likeness (QED) is 0.823. The summed E-state index contributed by atoms with van der Waals surface area (Å²) < 4.78 is 1.45. The van der Waals surface area contributed by atoms with Crippen molar-refractivity contribution in [2.75, 3.05) is 0 Å². The van der Waals surface area contributed by atoms with Crippen LogP contribution >= 0.6 is 0 Å². The summed E-state index contributed by atoms with van der Waals surface area (Å²) in [6.07, 6.45) is 0.791. The van der Waals surface area contributed by atoms with Crippen LogP contribution in [0.2, 0.25) is 0 Å². The Morgan fingerprint density at radius 1 is 1.38 bits per heavy atom. The standard InChI is InChI=1S/C11H10N4O/c12-6-11-13-8-15(14-11)7-10(16)9-4-2-1-3-5-9/h1-5,8,10,16H,7H2. The van der Waals surface area contributed by atoms with Crippen molar-refractivity contribution in [3.8, 4) is 6.07 Å². The maximum Gasteiger partial charge on any atom is 0.252 e. The molecule has 0 aliphatic rings. The predicted molar refractivity (Wildman–Crippen MR) is 56.1 cm³/mol. The molecule has 0 spiro atoms. The van der Waals surface area contributed by atoms with Crippen LogP contribution in [0.25, 0.3) is 0 Å². The number of nitriles is 1. The fourth-order valence-corrected chi connectivity index (χ4v) is 1.39. The molecule has 16 heavy (non-hydrogen) atoms. The molecule has 0 radical (unpaired) electrons. The summed E-state index contributed by atoms with van der Waals surface area (Å²) in [5.74, 6) is 0.111. The van der Waals surface area contributed by atoms with Gasteiger partial charge in [0.05, 0.1) is 12.6 Å². The minimum atomic E-state index is -0.644. The van der Waals surface area contributed by atoms with E-state index in [0.717, 1.165) is 5.56 Å². The zero-order valence-corrected chi connectivity index (χ0v) is 8.48. The van der Waals surface area contributed by atoms with Crippen molar-refractivity contribution in [2.45, 2.75) is 12.6 Å². The van der Waals surface area contributed by atoms with Crippen LogP contribution in [0.1, 0.15) is 17.5 Å². The Morgan fingerprint density at radius 3 is 2.75 bits per heavy atom. The molecule has 0 aliphatic heterocycles. The lowest BCUT2D eigenvalue weighted by Crippen LogP contribution is -2.09. The summed E-state index contributed by atoms with van der Waals surface area (Å²) >= 11 is 0. The molecule has 0 amide bonds. The monoisotopic (exact) mass is 214 g/mol. The largest absolute Gasteiger partial charge is 0.386 e. The lowest BCUT2D eigenvalue weighted by molar-refractivity contribution is 0.151. The van der Waals surface area contributed by atoms with Crippen LogP contribution < -0.4 is 0 Å². The highest BCUT2D eigenvalue weighted by molar-refractivity contribution is 5.17. The molecule has 0 fully saturated rings. The molecule has 1 heterocycles. The van der Waals surface area contributed by atoms with E-state index in [2.05, 4.69) is 10.1 Å².